The van der Waals surface area contributed by atoms with Crippen LogP contribution in [0.5, 0.6) is 0 Å². The number of nitrogens with one attached hydrogen (secondary N) is 2. The molecule has 6 rings (SSSR count). The van der Waals surface area contributed by atoms with Gasteiger partial charge in [-0.2, -0.15) is 18.4 Å². The number of aliphatic hydroxyl groups is 1. The van der Waals surface area contributed by atoms with Crippen molar-refractivity contribution < 1.29 is 18.3 Å². The number of anilines is 1. The smallest absolute Gasteiger partial charge is 0.379 e. The molecule has 0 radical (unpaired) electrons. The fraction of sp³-hybridized carbons (Fsp3) is 0.516. The lowest BCUT2D eigenvalue weighted by atomic mass is 9.80. The maximum absolute atomic E-state index is 12.9. The highest BCUT2D eigenvalue weighted by molar-refractivity contribution is 7.18. The van der Waals surface area contributed by atoms with Crippen molar-refractivity contribution in [1.29, 1.82) is 5.26 Å². The quantitative estimate of drug-likeness (QED) is 0.208. The molecule has 1 aliphatic carbocycles. The van der Waals surface area contributed by atoms with Crippen molar-refractivity contribution in [1.82, 2.24) is 24.8 Å². The maximum atomic E-state index is 12.9. The Morgan fingerprint density at radius 1 is 1.14 bits per heavy atom. The first-order chi connectivity index (χ1) is 20.6. The number of hydrogen-bond acceptors (Lipinski definition) is 8. The summed E-state index contributed by atoms with van der Waals surface area (Å²) in [6.45, 7) is 7.28. The van der Waals surface area contributed by atoms with E-state index in [4.69, 9.17) is 0 Å². The fourth-order valence-electron chi connectivity index (χ4n) is 6.58. The number of nitriles is 1. The molecule has 1 aliphatic heterocycles. The first kappa shape index (κ1) is 29.8. The number of fused-ring (bicyclic) bond motifs is 2. The number of halogens is 3. The lowest BCUT2D eigenvalue weighted by Gasteiger charge is -2.37. The van der Waals surface area contributed by atoms with E-state index in [1.54, 1.807) is 13.0 Å². The monoisotopic (exact) mass is 611 g/mol. The molecule has 1 atom stereocenters. The number of benzene rings is 1. The molecule has 43 heavy (non-hydrogen) atoms. The van der Waals surface area contributed by atoms with Crippen LogP contribution in [0, 0.1) is 24.2 Å². The van der Waals surface area contributed by atoms with Gasteiger partial charge in [0.05, 0.1) is 11.8 Å². The molecule has 12 heteroatoms. The van der Waals surface area contributed by atoms with Crippen molar-refractivity contribution in [3.63, 3.8) is 0 Å². The molecule has 0 amide bonds. The molecule has 1 saturated carbocycles. The van der Waals surface area contributed by atoms with Crippen LogP contribution in [0.25, 0.3) is 21.1 Å². The van der Waals surface area contributed by atoms with Gasteiger partial charge in [0.15, 0.2) is 0 Å². The van der Waals surface area contributed by atoms with Crippen molar-refractivity contribution in [3.8, 4) is 6.07 Å². The summed E-state index contributed by atoms with van der Waals surface area (Å²) in [5.74, 6) is 1.08. The summed E-state index contributed by atoms with van der Waals surface area (Å²) in [6, 6.07) is 10.8. The Hall–Kier alpha value is -3.24. The van der Waals surface area contributed by atoms with Crippen molar-refractivity contribution in [2.45, 2.75) is 83.5 Å². The number of likely N-dealkylation sites (tertiary alicyclic amines) is 1. The molecule has 8 nitrogen and oxygen atoms in total. The number of alkyl halides is 3. The summed E-state index contributed by atoms with van der Waals surface area (Å²) >= 11 is 1.07. The maximum Gasteiger partial charge on any atom is 0.393 e. The van der Waals surface area contributed by atoms with Crippen molar-refractivity contribution in [3.05, 3.63) is 52.3 Å². The second-order valence-corrected chi connectivity index (χ2v) is 13.2. The van der Waals surface area contributed by atoms with Crippen LogP contribution >= 0.6 is 11.3 Å². The molecule has 1 saturated heterocycles. The van der Waals surface area contributed by atoms with Gasteiger partial charge in [-0.05, 0) is 74.8 Å². The van der Waals surface area contributed by atoms with Gasteiger partial charge in [-0.3, -0.25) is 10.2 Å². The number of aromatic nitrogens is 3. The molecule has 3 aromatic heterocycles. The van der Waals surface area contributed by atoms with Crippen molar-refractivity contribution >= 4 is 38.3 Å². The van der Waals surface area contributed by atoms with Crippen LogP contribution in [0.4, 0.5) is 19.0 Å². The summed E-state index contributed by atoms with van der Waals surface area (Å²) in [5, 5.41) is 27.8. The summed E-state index contributed by atoms with van der Waals surface area (Å²) in [6.07, 6.45) is -0.524. The third-order valence-electron chi connectivity index (χ3n) is 8.81. The fourth-order valence-corrected chi connectivity index (χ4v) is 7.60. The van der Waals surface area contributed by atoms with Gasteiger partial charge in [-0.1, -0.05) is 6.07 Å². The third-order valence-corrected chi connectivity index (χ3v) is 9.86. The van der Waals surface area contributed by atoms with Gasteiger partial charge in [0.2, 0.25) is 0 Å². The molecule has 1 aromatic carbocycles. The average Bonchev–Trinajstić information content (AvgIpc) is 3.50. The Morgan fingerprint density at radius 3 is 2.60 bits per heavy atom. The van der Waals surface area contributed by atoms with E-state index in [0.717, 1.165) is 74.1 Å². The van der Waals surface area contributed by atoms with Gasteiger partial charge in [-0.25, -0.2) is 9.97 Å². The molecule has 1 unspecified atom stereocenters. The van der Waals surface area contributed by atoms with Crippen LogP contribution in [-0.2, 0) is 19.5 Å². The highest BCUT2D eigenvalue weighted by Crippen LogP contribution is 2.35. The van der Waals surface area contributed by atoms with E-state index in [0.29, 0.717) is 33.7 Å². The minimum atomic E-state index is -4.25. The molecular weight excluding hydrogens is 575 g/mol. The predicted molar refractivity (Wildman–Crippen MR) is 162 cm³/mol. The van der Waals surface area contributed by atoms with E-state index >= 15 is 0 Å². The van der Waals surface area contributed by atoms with Crippen LogP contribution in [0.15, 0.2) is 30.6 Å². The van der Waals surface area contributed by atoms with E-state index in [1.165, 1.54) is 17.5 Å². The van der Waals surface area contributed by atoms with Crippen LogP contribution < -0.4 is 10.6 Å². The molecule has 228 valence electrons. The zero-order chi connectivity index (χ0) is 30.3. The topological polar surface area (TPSA) is 102 Å². The van der Waals surface area contributed by atoms with E-state index < -0.39 is 18.8 Å². The number of thiophene rings is 1. The Bertz CT molecular complexity index is 1640. The molecule has 0 spiro atoms. The van der Waals surface area contributed by atoms with Gasteiger partial charge < -0.3 is 15.0 Å². The normalized spacial score (nSPS) is 20.8. The Labute approximate surface area is 252 Å². The van der Waals surface area contributed by atoms with Crippen LogP contribution in [0.2, 0.25) is 0 Å². The van der Waals surface area contributed by atoms with E-state index in [1.807, 2.05) is 6.07 Å². The zero-order valence-electron chi connectivity index (χ0n) is 24.3. The summed E-state index contributed by atoms with van der Waals surface area (Å²) in [4.78, 5) is 11.8. The molecule has 3 N–H and O–H groups in total. The Morgan fingerprint density at radius 2 is 1.91 bits per heavy atom. The zero-order valence-corrected chi connectivity index (χ0v) is 25.1. The molecule has 4 aromatic rings. The van der Waals surface area contributed by atoms with E-state index in [9.17, 15) is 23.5 Å². The summed E-state index contributed by atoms with van der Waals surface area (Å²) in [5.41, 5.74) is 4.23. The highest BCUT2D eigenvalue weighted by Gasteiger charge is 2.31. The van der Waals surface area contributed by atoms with Crippen LogP contribution in [-0.4, -0.2) is 62.1 Å². The van der Waals surface area contributed by atoms with Gasteiger partial charge in [-0.15, -0.1) is 11.3 Å². The number of piperidine rings is 1. The summed E-state index contributed by atoms with van der Waals surface area (Å²) in [7, 11) is 0. The number of aliphatic hydroxyl groups excluding tert-OH is 1. The lowest BCUT2D eigenvalue weighted by Crippen LogP contribution is -2.46. The number of hydrogen-bond donors (Lipinski definition) is 3. The minimum Gasteiger partial charge on any atom is -0.379 e. The second-order valence-electron chi connectivity index (χ2n) is 12.1. The Kier molecular flexibility index (Phi) is 8.35. The standard InChI is InChI=1S/C31H36F3N7OS/c1-18-21(3-4-28-26(18)11-24(14-35)41(28)15-20-9-23(10-20)38-19(2)42)16-40-7-5-22(6-8-40)39-29-27-12-25(13-31(32,33)34)43-30(27)37-17-36-29/h3-4,11-12,17,19-20,22-23,38,42H,5-10,13,15-16H2,1-2H3,(H,36,37,39). The van der Waals surface area contributed by atoms with Gasteiger partial charge in [0.25, 0.3) is 0 Å². The van der Waals surface area contributed by atoms with E-state index in [-0.39, 0.29) is 10.9 Å². The number of rotatable bonds is 9. The molecule has 4 heterocycles. The average molecular weight is 612 g/mol. The van der Waals surface area contributed by atoms with Crippen LogP contribution in [0.3, 0.4) is 0 Å². The SMILES string of the molecule is Cc1c(CN2CCC(Nc3ncnc4sc(CC(F)(F)F)cc34)CC2)ccc2c1cc(C#N)n2CC1CC(NC(C)O)C1. The van der Waals surface area contributed by atoms with Crippen LogP contribution in [0.1, 0.15) is 54.3 Å². The molecule has 2 fully saturated rings. The first-order valence-electron chi connectivity index (χ1n) is 14.8. The van der Waals surface area contributed by atoms with E-state index in [2.05, 4.69) is 55.2 Å². The highest BCUT2D eigenvalue weighted by atomic mass is 32.1. The Balaban J connectivity index is 1.08. The van der Waals surface area contributed by atoms with Gasteiger partial charge >= 0.3 is 6.18 Å². The first-order valence-corrected chi connectivity index (χ1v) is 15.6. The number of nitrogens with zero attached hydrogens (tertiary/aromatic N) is 5. The number of aryl methyl sites for hydroxylation is 1. The van der Waals surface area contributed by atoms with Crippen molar-refractivity contribution in [2.75, 3.05) is 18.4 Å². The third kappa shape index (κ3) is 6.65. The summed E-state index contributed by atoms with van der Waals surface area (Å²) < 4.78 is 40.9. The lowest BCUT2D eigenvalue weighted by molar-refractivity contribution is -0.126. The molecule has 2 aliphatic rings. The van der Waals surface area contributed by atoms with Gasteiger partial charge in [0.1, 0.15) is 35.0 Å². The molecular formula is C31H36F3N7OS. The van der Waals surface area contributed by atoms with Gasteiger partial charge in [0, 0.05) is 54.0 Å². The molecule has 0 bridgehead atoms. The van der Waals surface area contributed by atoms with Crippen molar-refractivity contribution in [2.24, 2.45) is 5.92 Å². The predicted octanol–water partition coefficient (Wildman–Crippen LogP) is 5.71. The largest absolute Gasteiger partial charge is 0.393 e. The minimum absolute atomic E-state index is 0.179. The second kappa shape index (κ2) is 12.0.